The second-order valence-corrected chi connectivity index (χ2v) is 4.48. The van der Waals surface area contributed by atoms with Gasteiger partial charge in [0, 0.05) is 25.7 Å². The molecule has 0 amide bonds. The molecule has 0 N–H and O–H groups in total. The van der Waals surface area contributed by atoms with Gasteiger partial charge in [-0.3, -0.25) is 0 Å². The smallest absolute Gasteiger partial charge is 0.137 e. The van der Waals surface area contributed by atoms with Crippen molar-refractivity contribution in [1.82, 2.24) is 9.38 Å². The maximum atomic E-state index is 5.64. The molecule has 2 heterocycles. The van der Waals surface area contributed by atoms with E-state index in [1.165, 1.54) is 0 Å². The van der Waals surface area contributed by atoms with Crippen LogP contribution in [0.25, 0.3) is 16.8 Å². The zero-order valence-corrected chi connectivity index (χ0v) is 11.3. The number of rotatable bonds is 5. The Morgan fingerprint density at radius 1 is 1.05 bits per heavy atom. The van der Waals surface area contributed by atoms with Gasteiger partial charge in [0.25, 0.3) is 0 Å². The van der Waals surface area contributed by atoms with Gasteiger partial charge < -0.3 is 13.9 Å². The molecule has 3 aromatic rings. The van der Waals surface area contributed by atoms with E-state index in [0.29, 0.717) is 13.2 Å². The number of hydrogen-bond donors (Lipinski definition) is 0. The molecule has 102 valence electrons. The fraction of sp³-hybridized carbons (Fsp3) is 0.188. The van der Waals surface area contributed by atoms with E-state index in [1.807, 2.05) is 35.0 Å². The number of imidazole rings is 1. The lowest BCUT2D eigenvalue weighted by molar-refractivity contribution is 0.146. The van der Waals surface area contributed by atoms with E-state index in [1.54, 1.807) is 13.3 Å². The van der Waals surface area contributed by atoms with Gasteiger partial charge in [-0.25, -0.2) is 4.98 Å². The summed E-state index contributed by atoms with van der Waals surface area (Å²) in [7, 11) is 1.67. The van der Waals surface area contributed by atoms with Crippen molar-refractivity contribution >= 4 is 5.65 Å². The molecule has 0 atom stereocenters. The molecule has 0 saturated heterocycles. The molecule has 4 heteroatoms. The third kappa shape index (κ3) is 2.65. The van der Waals surface area contributed by atoms with Gasteiger partial charge in [0.15, 0.2) is 0 Å². The van der Waals surface area contributed by atoms with Crippen LogP contribution in [0.5, 0.6) is 5.75 Å². The lowest BCUT2D eigenvalue weighted by Crippen LogP contribution is -2.04. The normalized spacial score (nSPS) is 10.8. The van der Waals surface area contributed by atoms with Crippen LogP contribution < -0.4 is 4.74 Å². The van der Waals surface area contributed by atoms with Crippen LogP contribution in [-0.4, -0.2) is 29.7 Å². The highest BCUT2D eigenvalue weighted by Gasteiger charge is 2.02. The van der Waals surface area contributed by atoms with Crippen LogP contribution in [0.15, 0.2) is 55.0 Å². The summed E-state index contributed by atoms with van der Waals surface area (Å²) in [6.07, 6.45) is 5.74. The number of fused-ring (bicyclic) bond motifs is 1. The first kappa shape index (κ1) is 12.7. The second kappa shape index (κ2) is 5.75. The molecule has 0 aliphatic heterocycles. The maximum absolute atomic E-state index is 5.64. The van der Waals surface area contributed by atoms with E-state index < -0.39 is 0 Å². The molecule has 3 rings (SSSR count). The molecule has 0 spiro atoms. The molecule has 0 bridgehead atoms. The zero-order chi connectivity index (χ0) is 13.8. The summed E-state index contributed by atoms with van der Waals surface area (Å²) in [6, 6.07) is 12.2. The maximum Gasteiger partial charge on any atom is 0.137 e. The SMILES string of the molecule is COCCOc1cccc(-c2ccn3ccnc3c2)c1. The highest BCUT2D eigenvalue weighted by atomic mass is 16.5. The summed E-state index contributed by atoms with van der Waals surface area (Å²) < 4.78 is 12.6. The molecule has 0 fully saturated rings. The topological polar surface area (TPSA) is 35.8 Å². The Kier molecular flexibility index (Phi) is 3.65. The molecule has 0 saturated carbocycles. The van der Waals surface area contributed by atoms with E-state index in [-0.39, 0.29) is 0 Å². The summed E-state index contributed by atoms with van der Waals surface area (Å²) in [5.41, 5.74) is 3.18. The Hall–Kier alpha value is -2.33. The molecule has 0 aliphatic rings. The first-order chi connectivity index (χ1) is 9.86. The fourth-order valence-electron chi connectivity index (χ4n) is 2.10. The quantitative estimate of drug-likeness (QED) is 0.667. The molecule has 0 radical (unpaired) electrons. The van der Waals surface area contributed by atoms with Gasteiger partial charge in [-0.05, 0) is 35.4 Å². The Bertz CT molecular complexity index is 706. The van der Waals surface area contributed by atoms with Crippen molar-refractivity contribution in [2.75, 3.05) is 20.3 Å². The Morgan fingerprint density at radius 2 is 1.95 bits per heavy atom. The average molecular weight is 268 g/mol. The molecular weight excluding hydrogens is 252 g/mol. The number of ether oxygens (including phenoxy) is 2. The third-order valence-electron chi connectivity index (χ3n) is 3.12. The van der Waals surface area contributed by atoms with E-state index in [4.69, 9.17) is 9.47 Å². The number of nitrogens with zero attached hydrogens (tertiary/aromatic N) is 2. The summed E-state index contributed by atoms with van der Waals surface area (Å²) >= 11 is 0. The van der Waals surface area contributed by atoms with Gasteiger partial charge in [-0.1, -0.05) is 12.1 Å². The largest absolute Gasteiger partial charge is 0.491 e. The summed E-state index contributed by atoms with van der Waals surface area (Å²) in [4.78, 5) is 4.30. The minimum atomic E-state index is 0.555. The van der Waals surface area contributed by atoms with Crippen LogP contribution in [0.2, 0.25) is 0 Å². The van der Waals surface area contributed by atoms with Crippen molar-refractivity contribution in [2.24, 2.45) is 0 Å². The van der Waals surface area contributed by atoms with Crippen LogP contribution in [0.4, 0.5) is 0 Å². The van der Waals surface area contributed by atoms with Crippen LogP contribution in [-0.2, 0) is 4.74 Å². The summed E-state index contributed by atoms with van der Waals surface area (Å²) in [6.45, 7) is 1.14. The molecule has 4 nitrogen and oxygen atoms in total. The van der Waals surface area contributed by atoms with Gasteiger partial charge in [-0.2, -0.15) is 0 Å². The molecule has 20 heavy (non-hydrogen) atoms. The first-order valence-electron chi connectivity index (χ1n) is 6.52. The Labute approximate surface area is 117 Å². The lowest BCUT2D eigenvalue weighted by atomic mass is 10.1. The van der Waals surface area contributed by atoms with E-state index in [0.717, 1.165) is 22.5 Å². The van der Waals surface area contributed by atoms with E-state index in [2.05, 4.69) is 23.2 Å². The van der Waals surface area contributed by atoms with Gasteiger partial charge in [0.05, 0.1) is 6.61 Å². The van der Waals surface area contributed by atoms with Crippen molar-refractivity contribution in [3.8, 4) is 16.9 Å². The highest BCUT2D eigenvalue weighted by Crippen LogP contribution is 2.24. The van der Waals surface area contributed by atoms with E-state index >= 15 is 0 Å². The Morgan fingerprint density at radius 3 is 2.85 bits per heavy atom. The van der Waals surface area contributed by atoms with Crippen molar-refractivity contribution in [2.45, 2.75) is 0 Å². The predicted octanol–water partition coefficient (Wildman–Crippen LogP) is 3.03. The molecule has 1 aromatic carbocycles. The zero-order valence-electron chi connectivity index (χ0n) is 11.3. The number of hydrogen-bond acceptors (Lipinski definition) is 3. The minimum Gasteiger partial charge on any atom is -0.491 e. The number of methoxy groups -OCH3 is 1. The second-order valence-electron chi connectivity index (χ2n) is 4.48. The standard InChI is InChI=1S/C16H16N2O2/c1-19-9-10-20-15-4-2-3-13(11-15)14-5-7-18-8-6-17-16(18)12-14/h2-8,11-12H,9-10H2,1H3. The van der Waals surface area contributed by atoms with Crippen LogP contribution >= 0.6 is 0 Å². The van der Waals surface area contributed by atoms with Crippen LogP contribution in [0.3, 0.4) is 0 Å². The van der Waals surface area contributed by atoms with Crippen molar-refractivity contribution < 1.29 is 9.47 Å². The fourth-order valence-corrected chi connectivity index (χ4v) is 2.10. The number of benzene rings is 1. The van der Waals surface area contributed by atoms with Gasteiger partial charge in [0.1, 0.15) is 18.0 Å². The predicted molar refractivity (Wildman–Crippen MR) is 78.0 cm³/mol. The number of pyridine rings is 1. The molecule has 2 aromatic heterocycles. The third-order valence-corrected chi connectivity index (χ3v) is 3.12. The van der Waals surface area contributed by atoms with Crippen LogP contribution in [0.1, 0.15) is 0 Å². The van der Waals surface area contributed by atoms with Crippen molar-refractivity contribution in [3.05, 3.63) is 55.0 Å². The van der Waals surface area contributed by atoms with Crippen molar-refractivity contribution in [3.63, 3.8) is 0 Å². The monoisotopic (exact) mass is 268 g/mol. The molecule has 0 unspecified atom stereocenters. The summed E-state index contributed by atoms with van der Waals surface area (Å²) in [5.74, 6) is 0.850. The number of aromatic nitrogens is 2. The van der Waals surface area contributed by atoms with Gasteiger partial charge in [0.2, 0.25) is 0 Å². The van der Waals surface area contributed by atoms with Crippen molar-refractivity contribution in [1.29, 1.82) is 0 Å². The molecular formula is C16H16N2O2. The van der Waals surface area contributed by atoms with Gasteiger partial charge in [-0.15, -0.1) is 0 Å². The highest BCUT2D eigenvalue weighted by molar-refractivity contribution is 5.68. The van der Waals surface area contributed by atoms with Gasteiger partial charge >= 0.3 is 0 Å². The van der Waals surface area contributed by atoms with Crippen LogP contribution in [0, 0.1) is 0 Å². The van der Waals surface area contributed by atoms with E-state index in [9.17, 15) is 0 Å². The lowest BCUT2D eigenvalue weighted by Gasteiger charge is -2.08. The Balaban J connectivity index is 1.86. The summed E-state index contributed by atoms with van der Waals surface area (Å²) in [5, 5.41) is 0. The first-order valence-corrected chi connectivity index (χ1v) is 6.52. The minimum absolute atomic E-state index is 0.555. The molecule has 0 aliphatic carbocycles. The average Bonchev–Trinajstić information content (AvgIpc) is 2.95.